The Morgan fingerprint density at radius 1 is 1.17 bits per heavy atom. The Bertz CT molecular complexity index is 739. The Morgan fingerprint density at radius 2 is 1.83 bits per heavy atom. The van der Waals surface area contributed by atoms with Crippen LogP contribution in [0.5, 0.6) is 5.75 Å². The zero-order valence-corrected chi connectivity index (χ0v) is 17.5. The summed E-state index contributed by atoms with van der Waals surface area (Å²) in [5.74, 6) is 0.501. The van der Waals surface area contributed by atoms with Crippen molar-refractivity contribution >= 4 is 17.7 Å². The molecule has 2 heterocycles. The largest absolute Gasteiger partial charge is 0.494 e. The number of carbonyl (C=O) groups is 3. The normalized spacial score (nSPS) is 20.3. The Morgan fingerprint density at radius 3 is 2.38 bits per heavy atom. The molecule has 3 amide bonds. The predicted octanol–water partition coefficient (Wildman–Crippen LogP) is 2.06. The van der Waals surface area contributed by atoms with Gasteiger partial charge in [-0.25, -0.2) is 0 Å². The van der Waals surface area contributed by atoms with E-state index in [1.165, 1.54) is 0 Å². The molecule has 2 fully saturated rings. The summed E-state index contributed by atoms with van der Waals surface area (Å²) in [6.45, 7) is 8.17. The molecule has 3 rings (SSSR count). The highest BCUT2D eigenvalue weighted by Gasteiger charge is 2.36. The fraction of sp³-hybridized carbons (Fsp3) is 0.591. The van der Waals surface area contributed by atoms with Crippen molar-refractivity contribution in [3.8, 4) is 5.75 Å². The van der Waals surface area contributed by atoms with Crippen LogP contribution in [0.15, 0.2) is 24.3 Å². The second-order valence-corrected chi connectivity index (χ2v) is 8.07. The van der Waals surface area contributed by atoms with Gasteiger partial charge in [0.25, 0.3) is 5.91 Å². The Kier molecular flexibility index (Phi) is 6.77. The van der Waals surface area contributed by atoms with E-state index in [1.807, 2.05) is 37.8 Å². The monoisotopic (exact) mass is 401 g/mol. The highest BCUT2D eigenvalue weighted by atomic mass is 16.5. The molecule has 29 heavy (non-hydrogen) atoms. The summed E-state index contributed by atoms with van der Waals surface area (Å²) in [7, 11) is 0. The van der Waals surface area contributed by atoms with Gasteiger partial charge >= 0.3 is 0 Å². The quantitative estimate of drug-likeness (QED) is 0.791. The van der Waals surface area contributed by atoms with Crippen LogP contribution in [0.4, 0.5) is 0 Å². The number of nitrogens with zero attached hydrogens (tertiary/aromatic N) is 2. The van der Waals surface area contributed by atoms with E-state index in [0.717, 1.165) is 18.6 Å². The molecule has 1 aromatic carbocycles. The third-order valence-corrected chi connectivity index (χ3v) is 5.69. The maximum absolute atomic E-state index is 12.7. The maximum atomic E-state index is 12.7. The van der Waals surface area contributed by atoms with E-state index in [9.17, 15) is 14.4 Å². The van der Waals surface area contributed by atoms with Gasteiger partial charge in [0.2, 0.25) is 11.8 Å². The molecule has 0 radical (unpaired) electrons. The molecule has 0 saturated carbocycles. The number of nitrogens with one attached hydrogen (secondary N) is 1. The van der Waals surface area contributed by atoms with E-state index in [0.29, 0.717) is 38.2 Å². The fourth-order valence-corrected chi connectivity index (χ4v) is 4.00. The Balaban J connectivity index is 1.47. The number of amides is 3. The molecular formula is C22H31N3O4. The molecule has 1 N–H and O–H groups in total. The van der Waals surface area contributed by atoms with Crippen molar-refractivity contribution in [2.75, 3.05) is 26.2 Å². The summed E-state index contributed by atoms with van der Waals surface area (Å²) in [6.07, 6.45) is 1.74. The number of hydrogen-bond acceptors (Lipinski definition) is 4. The third kappa shape index (κ3) is 5.08. The van der Waals surface area contributed by atoms with Crippen molar-refractivity contribution in [2.24, 2.45) is 5.92 Å². The third-order valence-electron chi connectivity index (χ3n) is 5.69. The lowest BCUT2D eigenvalue weighted by Crippen LogP contribution is -2.48. The van der Waals surface area contributed by atoms with Crippen LogP contribution in [0.2, 0.25) is 0 Å². The number of ether oxygens (including phenoxy) is 1. The molecule has 2 saturated heterocycles. The van der Waals surface area contributed by atoms with Gasteiger partial charge in [-0.05, 0) is 57.9 Å². The van der Waals surface area contributed by atoms with Gasteiger partial charge in [0.05, 0.1) is 12.5 Å². The molecule has 0 bridgehead atoms. The van der Waals surface area contributed by atoms with Gasteiger partial charge in [0, 0.05) is 43.7 Å². The molecule has 158 valence electrons. The van der Waals surface area contributed by atoms with E-state index < -0.39 is 0 Å². The van der Waals surface area contributed by atoms with E-state index in [1.54, 1.807) is 17.0 Å². The van der Waals surface area contributed by atoms with Gasteiger partial charge in [0.15, 0.2) is 0 Å². The Hall–Kier alpha value is -2.57. The minimum Gasteiger partial charge on any atom is -0.494 e. The first kappa shape index (κ1) is 21.1. The first-order chi connectivity index (χ1) is 13.9. The highest BCUT2D eigenvalue weighted by Crippen LogP contribution is 2.22. The highest BCUT2D eigenvalue weighted by molar-refractivity contribution is 5.94. The number of rotatable bonds is 6. The molecule has 1 aromatic rings. The molecule has 0 aliphatic carbocycles. The lowest BCUT2D eigenvalue weighted by atomic mass is 10.0. The van der Waals surface area contributed by atoms with Crippen LogP contribution in [0.25, 0.3) is 0 Å². The minimum absolute atomic E-state index is 0.00629. The summed E-state index contributed by atoms with van der Waals surface area (Å²) >= 11 is 0. The zero-order valence-electron chi connectivity index (χ0n) is 17.5. The molecule has 1 unspecified atom stereocenters. The Labute approximate surface area is 172 Å². The summed E-state index contributed by atoms with van der Waals surface area (Å²) in [4.78, 5) is 40.9. The summed E-state index contributed by atoms with van der Waals surface area (Å²) in [5.41, 5.74) is 0.647. The predicted molar refractivity (Wildman–Crippen MR) is 110 cm³/mol. The number of carbonyl (C=O) groups excluding carboxylic acids is 3. The van der Waals surface area contributed by atoms with Gasteiger partial charge in [-0.3, -0.25) is 14.4 Å². The number of benzene rings is 1. The van der Waals surface area contributed by atoms with Crippen LogP contribution in [-0.2, 0) is 9.59 Å². The van der Waals surface area contributed by atoms with Gasteiger partial charge < -0.3 is 19.9 Å². The number of likely N-dealkylation sites (tertiary alicyclic amines) is 2. The average molecular weight is 402 g/mol. The van der Waals surface area contributed by atoms with Crippen molar-refractivity contribution in [1.82, 2.24) is 15.1 Å². The van der Waals surface area contributed by atoms with E-state index >= 15 is 0 Å². The summed E-state index contributed by atoms with van der Waals surface area (Å²) in [6, 6.07) is 7.38. The molecule has 2 aliphatic heterocycles. The van der Waals surface area contributed by atoms with Gasteiger partial charge in [0.1, 0.15) is 5.75 Å². The molecule has 2 aliphatic rings. The molecule has 1 atom stereocenters. The minimum atomic E-state index is -0.270. The first-order valence-electron chi connectivity index (χ1n) is 10.5. The zero-order chi connectivity index (χ0) is 21.0. The van der Waals surface area contributed by atoms with E-state index in [-0.39, 0.29) is 35.7 Å². The lowest BCUT2D eigenvalue weighted by Gasteiger charge is -2.33. The second-order valence-electron chi connectivity index (χ2n) is 8.07. The average Bonchev–Trinajstić information content (AvgIpc) is 3.11. The van der Waals surface area contributed by atoms with E-state index in [2.05, 4.69) is 5.32 Å². The van der Waals surface area contributed by atoms with Crippen LogP contribution in [0.1, 0.15) is 50.4 Å². The van der Waals surface area contributed by atoms with E-state index in [4.69, 9.17) is 4.74 Å². The van der Waals surface area contributed by atoms with Gasteiger partial charge in [-0.15, -0.1) is 0 Å². The molecule has 0 spiro atoms. The van der Waals surface area contributed by atoms with Crippen molar-refractivity contribution in [3.63, 3.8) is 0 Å². The topological polar surface area (TPSA) is 79.0 Å². The van der Waals surface area contributed by atoms with Crippen molar-refractivity contribution in [1.29, 1.82) is 0 Å². The van der Waals surface area contributed by atoms with Crippen molar-refractivity contribution < 1.29 is 19.1 Å². The SMILES string of the molecule is CCOc1ccc(C(=O)N2CCC(NC(=O)C3CC(=O)N(C(C)C)C3)CC2)cc1. The van der Waals surface area contributed by atoms with Gasteiger partial charge in [-0.2, -0.15) is 0 Å². The lowest BCUT2D eigenvalue weighted by molar-refractivity contribution is -0.130. The standard InChI is InChI=1S/C22H31N3O4/c1-4-29-19-7-5-16(6-8-19)22(28)24-11-9-18(10-12-24)23-21(27)17-13-20(26)25(14-17)15(2)3/h5-8,15,17-18H,4,9-14H2,1-3H3,(H,23,27). The van der Waals surface area contributed by atoms with Crippen LogP contribution in [-0.4, -0.2) is 65.8 Å². The van der Waals surface area contributed by atoms with Gasteiger partial charge in [-0.1, -0.05) is 0 Å². The number of hydrogen-bond donors (Lipinski definition) is 1. The van der Waals surface area contributed by atoms with Crippen LogP contribution in [0, 0.1) is 5.92 Å². The van der Waals surface area contributed by atoms with Crippen LogP contribution in [0.3, 0.4) is 0 Å². The molecule has 0 aromatic heterocycles. The fourth-order valence-electron chi connectivity index (χ4n) is 4.00. The van der Waals surface area contributed by atoms with Crippen molar-refractivity contribution in [2.45, 2.75) is 52.1 Å². The van der Waals surface area contributed by atoms with Crippen molar-refractivity contribution in [3.05, 3.63) is 29.8 Å². The summed E-state index contributed by atoms with van der Waals surface area (Å²) < 4.78 is 5.42. The van der Waals surface area contributed by atoms with Crippen LogP contribution >= 0.6 is 0 Å². The summed E-state index contributed by atoms with van der Waals surface area (Å²) in [5, 5.41) is 3.09. The first-order valence-corrected chi connectivity index (χ1v) is 10.5. The van der Waals surface area contributed by atoms with Crippen LogP contribution < -0.4 is 10.1 Å². The smallest absolute Gasteiger partial charge is 0.253 e. The maximum Gasteiger partial charge on any atom is 0.253 e. The second kappa shape index (κ2) is 9.29. The molecule has 7 nitrogen and oxygen atoms in total. The number of piperidine rings is 1. The molecular weight excluding hydrogens is 370 g/mol. The molecule has 7 heteroatoms.